The van der Waals surface area contributed by atoms with Gasteiger partial charge in [-0.1, -0.05) is 13.0 Å². The van der Waals surface area contributed by atoms with Crippen molar-refractivity contribution in [1.82, 2.24) is 29.9 Å². The van der Waals surface area contributed by atoms with Crippen LogP contribution in [0.4, 0.5) is 0 Å². The molecule has 1 N–H and O–H groups in total. The maximum atomic E-state index is 10.7. The Balaban J connectivity index is 1.43. The van der Waals surface area contributed by atoms with E-state index >= 15 is 0 Å². The van der Waals surface area contributed by atoms with Gasteiger partial charge in [0.1, 0.15) is 5.75 Å². The van der Waals surface area contributed by atoms with Gasteiger partial charge in [-0.15, -0.1) is 0 Å². The van der Waals surface area contributed by atoms with Gasteiger partial charge in [0.25, 0.3) is 0 Å². The number of ether oxygens (including phenoxy) is 1. The average molecular weight is 416 g/mol. The molecule has 0 saturated carbocycles. The Morgan fingerprint density at radius 3 is 2.61 bits per heavy atom. The molecule has 0 bridgehead atoms. The average Bonchev–Trinajstić information content (AvgIpc) is 3.13. The van der Waals surface area contributed by atoms with Gasteiger partial charge in [0.15, 0.2) is 5.52 Å². The molecule has 31 heavy (non-hydrogen) atoms. The number of aryl methyl sites for hydroxylation is 1. The van der Waals surface area contributed by atoms with Crippen LogP contribution < -0.4 is 4.74 Å². The van der Waals surface area contributed by atoms with Crippen LogP contribution >= 0.6 is 0 Å². The number of phenols is 1. The first-order valence-electron chi connectivity index (χ1n) is 10.3. The molecule has 0 unspecified atom stereocenters. The van der Waals surface area contributed by atoms with Crippen molar-refractivity contribution < 1.29 is 9.84 Å². The first-order chi connectivity index (χ1) is 15.1. The Morgan fingerprint density at radius 1 is 1.10 bits per heavy atom. The normalized spacial score (nSPS) is 14.7. The minimum atomic E-state index is 0.132. The number of hydrogen-bond donors (Lipinski definition) is 1. The molecule has 4 heterocycles. The number of phenolic OH excluding ortho intramolecular Hbond substituents is 1. The second-order valence-corrected chi connectivity index (χ2v) is 7.88. The fraction of sp³-hybridized carbons (Fsp3) is 0.304. The molecule has 1 fully saturated rings. The van der Waals surface area contributed by atoms with Crippen molar-refractivity contribution in [3.05, 3.63) is 48.3 Å². The number of methoxy groups -OCH3 is 1. The maximum absolute atomic E-state index is 10.7. The molecule has 158 valence electrons. The summed E-state index contributed by atoms with van der Waals surface area (Å²) in [6, 6.07) is 11.3. The number of likely N-dealkylation sites (N-methyl/N-ethyl adjacent to an activating group) is 1. The van der Waals surface area contributed by atoms with Crippen LogP contribution in [-0.4, -0.2) is 61.7 Å². The molecule has 8 heteroatoms. The van der Waals surface area contributed by atoms with Gasteiger partial charge in [0.05, 0.1) is 24.2 Å². The number of benzene rings is 1. The zero-order valence-corrected chi connectivity index (χ0v) is 17.8. The molecule has 0 radical (unpaired) electrons. The molecule has 4 aromatic rings. The molecule has 1 aliphatic heterocycles. The van der Waals surface area contributed by atoms with E-state index in [1.54, 1.807) is 17.9 Å². The molecule has 1 aliphatic rings. The maximum Gasteiger partial charge on any atom is 0.242 e. The van der Waals surface area contributed by atoms with E-state index in [1.807, 2.05) is 43.6 Å². The van der Waals surface area contributed by atoms with E-state index in [9.17, 15) is 5.11 Å². The number of aromatic hydroxyl groups is 1. The van der Waals surface area contributed by atoms with Crippen molar-refractivity contribution in [2.75, 3.05) is 26.7 Å². The molecule has 1 saturated heterocycles. The lowest BCUT2D eigenvalue weighted by Gasteiger charge is -2.37. The van der Waals surface area contributed by atoms with Crippen LogP contribution in [0.2, 0.25) is 0 Å². The van der Waals surface area contributed by atoms with Crippen molar-refractivity contribution in [2.24, 2.45) is 7.05 Å². The summed E-state index contributed by atoms with van der Waals surface area (Å²) in [5.41, 5.74) is 4.48. The SMILES string of the molecule is CCN1CC(c2ccc(-c3ccc(-c4cc5cn(C)nc5c(OC)n4)cc3O)nn2)C1. The first kappa shape index (κ1) is 19.4. The fourth-order valence-corrected chi connectivity index (χ4v) is 4.04. The van der Waals surface area contributed by atoms with E-state index < -0.39 is 0 Å². The summed E-state index contributed by atoms with van der Waals surface area (Å²) in [5, 5.41) is 24.8. The highest BCUT2D eigenvalue weighted by Crippen LogP contribution is 2.34. The monoisotopic (exact) mass is 416 g/mol. The van der Waals surface area contributed by atoms with Crippen molar-refractivity contribution in [3.8, 4) is 34.1 Å². The highest BCUT2D eigenvalue weighted by molar-refractivity contribution is 5.87. The zero-order chi connectivity index (χ0) is 21.5. The summed E-state index contributed by atoms with van der Waals surface area (Å²) >= 11 is 0. The lowest BCUT2D eigenvalue weighted by atomic mass is 9.96. The van der Waals surface area contributed by atoms with Crippen molar-refractivity contribution in [1.29, 1.82) is 0 Å². The smallest absolute Gasteiger partial charge is 0.242 e. The van der Waals surface area contributed by atoms with Crippen LogP contribution in [0.3, 0.4) is 0 Å². The standard InChI is InChI=1S/C23H24N6O2/c1-4-29-12-16(13-29)18-7-8-19(26-25-18)17-6-5-14(10-21(17)30)20-9-15-11-28(2)27-22(15)23(24-20)31-3/h5-11,16,30H,4,12-13H2,1-3H3. The van der Waals surface area contributed by atoms with Gasteiger partial charge in [-0.2, -0.15) is 15.3 Å². The van der Waals surface area contributed by atoms with Crippen LogP contribution in [0.25, 0.3) is 33.4 Å². The second kappa shape index (κ2) is 7.63. The summed E-state index contributed by atoms with van der Waals surface area (Å²) in [4.78, 5) is 6.94. The lowest BCUT2D eigenvalue weighted by molar-refractivity contribution is 0.154. The van der Waals surface area contributed by atoms with E-state index in [2.05, 4.69) is 32.1 Å². The molecule has 0 atom stereocenters. The van der Waals surface area contributed by atoms with Crippen LogP contribution in [-0.2, 0) is 7.05 Å². The van der Waals surface area contributed by atoms with E-state index in [0.29, 0.717) is 34.3 Å². The summed E-state index contributed by atoms with van der Waals surface area (Å²) in [7, 11) is 3.43. The van der Waals surface area contributed by atoms with E-state index in [0.717, 1.165) is 36.3 Å². The van der Waals surface area contributed by atoms with Gasteiger partial charge >= 0.3 is 0 Å². The van der Waals surface area contributed by atoms with Gasteiger partial charge in [0, 0.05) is 48.8 Å². The minimum absolute atomic E-state index is 0.132. The second-order valence-electron chi connectivity index (χ2n) is 7.88. The van der Waals surface area contributed by atoms with E-state index in [1.165, 1.54) is 0 Å². The first-order valence-corrected chi connectivity index (χ1v) is 10.3. The van der Waals surface area contributed by atoms with Crippen LogP contribution in [0.5, 0.6) is 11.6 Å². The number of pyridine rings is 1. The summed E-state index contributed by atoms with van der Waals surface area (Å²) in [5.74, 6) is 1.03. The number of likely N-dealkylation sites (tertiary alicyclic amines) is 1. The van der Waals surface area contributed by atoms with Crippen LogP contribution in [0, 0.1) is 0 Å². The molecule has 0 aliphatic carbocycles. The Bertz CT molecular complexity index is 1250. The van der Waals surface area contributed by atoms with Crippen molar-refractivity contribution >= 4 is 10.9 Å². The Hall–Kier alpha value is -3.52. The molecular weight excluding hydrogens is 392 g/mol. The van der Waals surface area contributed by atoms with Crippen molar-refractivity contribution in [2.45, 2.75) is 12.8 Å². The fourth-order valence-electron chi connectivity index (χ4n) is 4.04. The van der Waals surface area contributed by atoms with Gasteiger partial charge in [0.2, 0.25) is 5.88 Å². The lowest BCUT2D eigenvalue weighted by Crippen LogP contribution is -2.44. The van der Waals surface area contributed by atoms with Crippen molar-refractivity contribution in [3.63, 3.8) is 0 Å². The Labute approximate surface area is 180 Å². The molecule has 8 nitrogen and oxygen atoms in total. The van der Waals surface area contributed by atoms with Gasteiger partial charge in [-0.25, -0.2) is 4.98 Å². The molecular formula is C23H24N6O2. The van der Waals surface area contributed by atoms with E-state index in [4.69, 9.17) is 4.74 Å². The minimum Gasteiger partial charge on any atom is -0.507 e. The number of nitrogens with zero attached hydrogens (tertiary/aromatic N) is 6. The number of hydrogen-bond acceptors (Lipinski definition) is 7. The molecule has 1 aromatic carbocycles. The molecule has 0 spiro atoms. The molecule has 0 amide bonds. The third kappa shape index (κ3) is 3.48. The molecule has 3 aromatic heterocycles. The quantitative estimate of drug-likeness (QED) is 0.534. The molecule has 5 rings (SSSR count). The highest BCUT2D eigenvalue weighted by atomic mass is 16.5. The van der Waals surface area contributed by atoms with Gasteiger partial charge in [-0.3, -0.25) is 4.68 Å². The highest BCUT2D eigenvalue weighted by Gasteiger charge is 2.28. The number of aromatic nitrogens is 5. The van der Waals surface area contributed by atoms with Crippen LogP contribution in [0.15, 0.2) is 42.6 Å². The Kier molecular flexibility index (Phi) is 4.78. The van der Waals surface area contributed by atoms with Gasteiger partial charge in [-0.05, 0) is 36.9 Å². The summed E-state index contributed by atoms with van der Waals surface area (Å²) in [6.45, 7) is 5.29. The zero-order valence-electron chi connectivity index (χ0n) is 17.8. The predicted molar refractivity (Wildman–Crippen MR) is 118 cm³/mol. The largest absolute Gasteiger partial charge is 0.507 e. The number of rotatable bonds is 5. The van der Waals surface area contributed by atoms with Crippen LogP contribution in [0.1, 0.15) is 18.5 Å². The topological polar surface area (TPSA) is 89.2 Å². The third-order valence-corrected chi connectivity index (χ3v) is 5.84. The predicted octanol–water partition coefficient (Wildman–Crippen LogP) is 3.23. The van der Waals surface area contributed by atoms with Gasteiger partial charge < -0.3 is 14.7 Å². The summed E-state index contributed by atoms with van der Waals surface area (Å²) < 4.78 is 7.14. The van der Waals surface area contributed by atoms with E-state index in [-0.39, 0.29) is 5.75 Å². The summed E-state index contributed by atoms with van der Waals surface area (Å²) in [6.07, 6.45) is 1.91. The Morgan fingerprint density at radius 2 is 1.94 bits per heavy atom. The number of fused-ring (bicyclic) bond motifs is 1. The third-order valence-electron chi connectivity index (χ3n) is 5.84.